The van der Waals surface area contributed by atoms with Crippen LogP contribution in [0.3, 0.4) is 0 Å². The third kappa shape index (κ3) is 10.8. The number of nitrogens with one attached hydrogen (secondary N) is 2. The molecule has 416 valence electrons. The molecule has 10 aromatic rings. The number of esters is 1. The molecule has 1 fully saturated rings. The number of amides is 2. The SMILES string of the molecule is Cc1nc(SC2=C(C(=O)OC(c3ccccc3)c3ccccc3)N3C(=O)[C@@H](NC(=O)C(=NOC(c4ccccc4)(c4ccccc4)c4ccccc4)c4nc(NC(c5ccccc5)(c5ccccc5)c5ccccc5)sc4Cl)[C@H]3CC2)sc1C. The topological polar surface area (TPSA) is 135 Å². The van der Waals surface area contributed by atoms with Crippen molar-refractivity contribution in [1.29, 1.82) is 0 Å². The molecule has 84 heavy (non-hydrogen) atoms. The predicted octanol–water partition coefficient (Wildman–Crippen LogP) is 14.8. The van der Waals surface area contributed by atoms with Gasteiger partial charge in [-0.3, -0.25) is 14.5 Å². The van der Waals surface area contributed by atoms with E-state index < -0.39 is 47.1 Å². The van der Waals surface area contributed by atoms with Gasteiger partial charge >= 0.3 is 5.97 Å². The smallest absolute Gasteiger partial charge is 0.356 e. The number of carbonyl (C=O) groups is 3. The van der Waals surface area contributed by atoms with Crippen molar-refractivity contribution >= 4 is 74.7 Å². The molecule has 0 aliphatic carbocycles. The summed E-state index contributed by atoms with van der Waals surface area (Å²) in [5.74, 6) is -1.95. The van der Waals surface area contributed by atoms with Crippen LogP contribution in [0.5, 0.6) is 0 Å². The first-order valence-corrected chi connectivity index (χ1v) is 30.3. The van der Waals surface area contributed by atoms with E-state index in [0.717, 1.165) is 70.8 Å². The fraction of sp³-hybridized carbons (Fsp3) is 0.130. The number of fused-ring (bicyclic) bond motifs is 1. The number of benzene rings is 8. The first-order valence-electron chi connectivity index (χ1n) is 27.5. The van der Waals surface area contributed by atoms with E-state index >= 15 is 14.4 Å². The largest absolute Gasteiger partial charge is 0.448 e. The molecule has 0 spiro atoms. The fourth-order valence-electron chi connectivity index (χ4n) is 11.1. The number of thioether (sulfide) groups is 1. The molecular formula is C69H55ClN6O5S3. The van der Waals surface area contributed by atoms with Crippen LogP contribution in [0.15, 0.2) is 263 Å². The Morgan fingerprint density at radius 2 is 1.07 bits per heavy atom. The minimum Gasteiger partial charge on any atom is -0.448 e. The van der Waals surface area contributed by atoms with Crippen LogP contribution in [-0.2, 0) is 35.1 Å². The second-order valence-corrected chi connectivity index (χ2v) is 24.4. The Kier molecular flexibility index (Phi) is 16.2. The number of ether oxygens (including phenoxy) is 1. The van der Waals surface area contributed by atoms with Gasteiger partial charge < -0.3 is 20.2 Å². The number of carbonyl (C=O) groups excluding carboxylic acids is 3. The van der Waals surface area contributed by atoms with Gasteiger partial charge in [0.15, 0.2) is 21.3 Å². The summed E-state index contributed by atoms with van der Waals surface area (Å²) in [6.45, 7) is 3.95. The Bertz CT molecular complexity index is 3760. The summed E-state index contributed by atoms with van der Waals surface area (Å²) in [4.78, 5) is 66.1. The maximum atomic E-state index is 15.7. The maximum Gasteiger partial charge on any atom is 0.356 e. The van der Waals surface area contributed by atoms with Gasteiger partial charge in [-0.2, -0.15) is 0 Å². The normalized spacial score (nSPS) is 15.3. The van der Waals surface area contributed by atoms with Crippen molar-refractivity contribution in [3.63, 3.8) is 0 Å². The van der Waals surface area contributed by atoms with Crippen LogP contribution in [0.1, 0.15) is 79.7 Å². The van der Waals surface area contributed by atoms with E-state index in [9.17, 15) is 0 Å². The number of rotatable bonds is 19. The zero-order valence-electron chi connectivity index (χ0n) is 45.7. The summed E-state index contributed by atoms with van der Waals surface area (Å²) in [5, 5.41) is 12.1. The molecule has 2 aliphatic heterocycles. The van der Waals surface area contributed by atoms with E-state index in [1.54, 1.807) is 0 Å². The number of halogens is 1. The van der Waals surface area contributed by atoms with Crippen molar-refractivity contribution in [1.82, 2.24) is 20.2 Å². The Hall–Kier alpha value is -8.92. The summed E-state index contributed by atoms with van der Waals surface area (Å²) < 4.78 is 7.38. The van der Waals surface area contributed by atoms with E-state index in [2.05, 4.69) is 47.0 Å². The summed E-state index contributed by atoms with van der Waals surface area (Å²) in [6, 6.07) is 76.6. The highest BCUT2D eigenvalue weighted by Crippen LogP contribution is 2.47. The van der Waals surface area contributed by atoms with Crippen LogP contribution in [0.2, 0.25) is 4.34 Å². The van der Waals surface area contributed by atoms with Crippen molar-refractivity contribution in [3.05, 3.63) is 318 Å². The van der Waals surface area contributed by atoms with Crippen molar-refractivity contribution in [2.24, 2.45) is 5.16 Å². The molecule has 2 atom stereocenters. The number of thiazole rings is 2. The van der Waals surface area contributed by atoms with Gasteiger partial charge in [0, 0.05) is 26.5 Å². The Morgan fingerprint density at radius 1 is 0.631 bits per heavy atom. The van der Waals surface area contributed by atoms with E-state index in [4.69, 9.17) is 36.3 Å². The van der Waals surface area contributed by atoms with Crippen LogP contribution in [-0.4, -0.2) is 50.4 Å². The second-order valence-electron chi connectivity index (χ2n) is 20.3. The van der Waals surface area contributed by atoms with Gasteiger partial charge in [0.05, 0.1) is 11.7 Å². The minimum atomic E-state index is -1.42. The molecule has 8 aromatic carbocycles. The Morgan fingerprint density at radius 3 is 1.51 bits per heavy atom. The first kappa shape index (κ1) is 55.6. The zero-order valence-corrected chi connectivity index (χ0v) is 48.9. The second kappa shape index (κ2) is 24.5. The molecule has 2 amide bonds. The lowest BCUT2D eigenvalue weighted by atomic mass is 9.77. The molecule has 2 aromatic heterocycles. The molecule has 0 radical (unpaired) electrons. The van der Waals surface area contributed by atoms with Crippen LogP contribution in [0.4, 0.5) is 5.13 Å². The molecule has 15 heteroatoms. The molecule has 1 saturated heterocycles. The Balaban J connectivity index is 0.953. The fourth-order valence-corrected chi connectivity index (χ4v) is 14.6. The molecule has 11 nitrogen and oxygen atoms in total. The third-order valence-corrected chi connectivity index (χ3v) is 18.7. The standard InChI is InChI=1S/C69H55ClN6O5S3/c1-45-46(2)82-67(71-45)83-56-44-43-55-57(64(78)76(55)60(56)65(79)80-61(47-27-11-3-12-28-47)48-29-13-4-14-30-48)72-63(77)59(75-81-69(52-37-21-8-22-38-52,53-39-23-9-24-40-53)54-41-25-10-26-42-54)58-62(70)84-66(73-58)74-68(49-31-15-5-16-32-49,50-33-17-6-18-34-50)51-35-19-7-20-36-51/h3-42,55,57,61H,43-44H2,1-2H3,(H,72,77)(H,73,74)/t55-,57+/m1/s1. The number of aryl methyl sites for hydroxylation is 2. The van der Waals surface area contributed by atoms with Crippen molar-refractivity contribution in [2.75, 3.05) is 5.32 Å². The lowest BCUT2D eigenvalue weighted by Crippen LogP contribution is -2.72. The van der Waals surface area contributed by atoms with Gasteiger partial charge in [-0.25, -0.2) is 14.8 Å². The van der Waals surface area contributed by atoms with Crippen LogP contribution in [0.25, 0.3) is 0 Å². The van der Waals surface area contributed by atoms with Crippen LogP contribution < -0.4 is 10.6 Å². The lowest BCUT2D eigenvalue weighted by molar-refractivity contribution is -0.158. The van der Waals surface area contributed by atoms with E-state index in [1.165, 1.54) is 28.0 Å². The molecule has 12 rings (SSSR count). The predicted molar refractivity (Wildman–Crippen MR) is 334 cm³/mol. The molecule has 2 N–H and O–H groups in total. The van der Waals surface area contributed by atoms with E-state index in [0.29, 0.717) is 22.9 Å². The number of anilines is 1. The molecular weight excluding hydrogens is 1120 g/mol. The van der Waals surface area contributed by atoms with Gasteiger partial charge in [0.1, 0.15) is 27.3 Å². The monoisotopic (exact) mass is 1180 g/mol. The molecule has 4 heterocycles. The molecule has 2 aliphatic rings. The van der Waals surface area contributed by atoms with Gasteiger partial charge in [0.2, 0.25) is 5.60 Å². The van der Waals surface area contributed by atoms with Crippen LogP contribution >= 0.6 is 46.0 Å². The molecule has 0 unspecified atom stereocenters. The maximum absolute atomic E-state index is 15.7. The lowest BCUT2D eigenvalue weighted by Gasteiger charge is -2.50. The Labute approximate surface area is 504 Å². The quantitative estimate of drug-likeness (QED) is 0.0267. The summed E-state index contributed by atoms with van der Waals surface area (Å²) in [6.07, 6.45) is 0.0176. The van der Waals surface area contributed by atoms with Gasteiger partial charge in [-0.05, 0) is 54.5 Å². The highest BCUT2D eigenvalue weighted by atomic mass is 35.5. The number of hydrogen-bond donors (Lipinski definition) is 2. The number of aromatic nitrogens is 2. The highest BCUT2D eigenvalue weighted by molar-refractivity contribution is 8.04. The first-order chi connectivity index (χ1) is 41.1. The van der Waals surface area contributed by atoms with E-state index in [-0.39, 0.29) is 21.4 Å². The molecule has 0 saturated carbocycles. The number of β-lactam (4-membered cyclic amide) rings is 1. The average Bonchev–Trinajstić information content (AvgIpc) is 1.31. The average molecular weight is 1180 g/mol. The van der Waals surface area contributed by atoms with Crippen molar-refractivity contribution in [3.8, 4) is 0 Å². The summed E-state index contributed by atoms with van der Waals surface area (Å²) in [7, 11) is 0. The zero-order chi connectivity index (χ0) is 57.6. The molecule has 0 bridgehead atoms. The number of hydrogen-bond acceptors (Lipinski definition) is 12. The van der Waals surface area contributed by atoms with Gasteiger partial charge in [-0.1, -0.05) is 283 Å². The number of oxime groups is 1. The number of allylic oxidation sites excluding steroid dienone is 1. The number of nitrogens with zero attached hydrogens (tertiary/aromatic N) is 4. The van der Waals surface area contributed by atoms with Crippen LogP contribution in [0, 0.1) is 13.8 Å². The van der Waals surface area contributed by atoms with Gasteiger partial charge in [0.25, 0.3) is 11.8 Å². The van der Waals surface area contributed by atoms with E-state index in [1.807, 2.05) is 220 Å². The third-order valence-electron chi connectivity index (χ3n) is 15.3. The van der Waals surface area contributed by atoms with Gasteiger partial charge in [-0.15, -0.1) is 11.3 Å². The summed E-state index contributed by atoms with van der Waals surface area (Å²) >= 11 is 11.4. The summed E-state index contributed by atoms with van der Waals surface area (Å²) in [5.41, 5.74) is 4.80. The minimum absolute atomic E-state index is 0.0184. The van der Waals surface area contributed by atoms with Crippen molar-refractivity contribution < 1.29 is 24.0 Å². The van der Waals surface area contributed by atoms with Crippen molar-refractivity contribution in [2.45, 2.75) is 60.4 Å². The highest BCUT2D eigenvalue weighted by Gasteiger charge is 2.55.